The number of nitrogens with zero attached hydrogens (tertiary/aromatic N) is 1. The van der Waals surface area contributed by atoms with Gasteiger partial charge in [-0.2, -0.15) is 0 Å². The first-order valence-corrected chi connectivity index (χ1v) is 7.37. The van der Waals surface area contributed by atoms with Gasteiger partial charge in [-0.05, 0) is 64.3 Å². The normalized spacial score (nSPS) is 10.1. The fraction of sp³-hybridized carbons (Fsp3) is 0.200. The van der Waals surface area contributed by atoms with Crippen LogP contribution in [0.3, 0.4) is 0 Å². The van der Waals surface area contributed by atoms with E-state index in [0.29, 0.717) is 17.6 Å². The summed E-state index contributed by atoms with van der Waals surface area (Å²) in [6, 6.07) is 10.9. The van der Waals surface area contributed by atoms with E-state index in [1.54, 1.807) is 36.7 Å². The molecule has 0 aliphatic heterocycles. The number of ether oxygens (including phenoxy) is 1. The SMILES string of the molecule is O=C(NCCc1ccncc1)c1ccc(OCBr)cc1. The lowest BCUT2D eigenvalue weighted by Crippen LogP contribution is -2.25. The third kappa shape index (κ3) is 4.35. The number of pyridine rings is 1. The zero-order valence-electron chi connectivity index (χ0n) is 10.9. The Kier molecular flexibility index (Phi) is 5.55. The van der Waals surface area contributed by atoms with Gasteiger partial charge in [-0.15, -0.1) is 0 Å². The molecular formula is C15H15BrN2O2. The summed E-state index contributed by atoms with van der Waals surface area (Å²) in [5.41, 5.74) is 2.22. The molecule has 20 heavy (non-hydrogen) atoms. The summed E-state index contributed by atoms with van der Waals surface area (Å²) >= 11 is 3.18. The summed E-state index contributed by atoms with van der Waals surface area (Å²) in [6.45, 7) is 0.600. The van der Waals surface area contributed by atoms with Crippen molar-refractivity contribution in [2.24, 2.45) is 0 Å². The number of hydrogen-bond donors (Lipinski definition) is 1. The summed E-state index contributed by atoms with van der Waals surface area (Å²) in [6.07, 6.45) is 4.29. The topological polar surface area (TPSA) is 51.2 Å². The molecule has 0 radical (unpaired) electrons. The Hall–Kier alpha value is -1.88. The lowest BCUT2D eigenvalue weighted by atomic mass is 10.2. The van der Waals surface area contributed by atoms with Gasteiger partial charge in [0.1, 0.15) is 11.3 Å². The number of rotatable bonds is 6. The Morgan fingerprint density at radius 3 is 2.50 bits per heavy atom. The van der Waals surface area contributed by atoms with Crippen molar-refractivity contribution in [1.29, 1.82) is 0 Å². The quantitative estimate of drug-likeness (QED) is 0.826. The summed E-state index contributed by atoms with van der Waals surface area (Å²) < 4.78 is 5.26. The molecule has 2 aromatic rings. The van der Waals surface area contributed by atoms with Gasteiger partial charge in [0.25, 0.3) is 5.91 Å². The summed E-state index contributed by atoms with van der Waals surface area (Å²) in [5, 5.41) is 2.89. The lowest BCUT2D eigenvalue weighted by Gasteiger charge is -2.06. The van der Waals surface area contributed by atoms with E-state index in [0.717, 1.165) is 17.7 Å². The molecule has 0 fully saturated rings. The van der Waals surface area contributed by atoms with Crippen LogP contribution in [-0.2, 0) is 6.42 Å². The highest BCUT2D eigenvalue weighted by Crippen LogP contribution is 2.12. The van der Waals surface area contributed by atoms with E-state index in [4.69, 9.17) is 4.74 Å². The molecular weight excluding hydrogens is 320 g/mol. The molecule has 0 unspecified atom stereocenters. The number of amides is 1. The highest BCUT2D eigenvalue weighted by molar-refractivity contribution is 9.09. The first kappa shape index (κ1) is 14.5. The highest BCUT2D eigenvalue weighted by atomic mass is 79.9. The van der Waals surface area contributed by atoms with Gasteiger partial charge in [0, 0.05) is 24.5 Å². The maximum Gasteiger partial charge on any atom is 0.251 e. The molecule has 104 valence electrons. The Bertz CT molecular complexity index is 544. The number of alkyl halides is 1. The number of carbonyl (C=O) groups excluding carboxylic acids is 1. The Labute approximate surface area is 126 Å². The minimum atomic E-state index is -0.0792. The Morgan fingerprint density at radius 1 is 1.15 bits per heavy atom. The van der Waals surface area contributed by atoms with Gasteiger partial charge < -0.3 is 10.1 Å². The average molecular weight is 335 g/mol. The van der Waals surface area contributed by atoms with Crippen molar-refractivity contribution in [2.75, 3.05) is 12.1 Å². The van der Waals surface area contributed by atoms with Crippen LogP contribution >= 0.6 is 15.9 Å². The number of hydrogen-bond acceptors (Lipinski definition) is 3. The Balaban J connectivity index is 1.82. The molecule has 0 spiro atoms. The average Bonchev–Trinajstić information content (AvgIpc) is 2.49. The van der Waals surface area contributed by atoms with Crippen LogP contribution in [0.15, 0.2) is 48.8 Å². The van der Waals surface area contributed by atoms with Crippen LogP contribution in [0.25, 0.3) is 0 Å². The molecule has 0 saturated heterocycles. The van der Waals surface area contributed by atoms with Gasteiger partial charge in [-0.3, -0.25) is 9.78 Å². The van der Waals surface area contributed by atoms with Crippen LogP contribution in [0.5, 0.6) is 5.75 Å². The first-order chi connectivity index (χ1) is 9.79. The molecule has 1 aromatic heterocycles. The smallest absolute Gasteiger partial charge is 0.251 e. The van der Waals surface area contributed by atoms with E-state index in [-0.39, 0.29) is 5.91 Å². The third-order valence-electron chi connectivity index (χ3n) is 2.79. The second kappa shape index (κ2) is 7.65. The molecule has 1 aromatic carbocycles. The minimum Gasteiger partial charge on any atom is -0.482 e. The van der Waals surface area contributed by atoms with Gasteiger partial charge in [0.2, 0.25) is 0 Å². The van der Waals surface area contributed by atoms with Crippen LogP contribution in [-0.4, -0.2) is 23.0 Å². The molecule has 1 heterocycles. The fourth-order valence-corrected chi connectivity index (χ4v) is 2.00. The number of aromatic nitrogens is 1. The maximum atomic E-state index is 11.9. The lowest BCUT2D eigenvalue weighted by molar-refractivity contribution is 0.0954. The second-order valence-corrected chi connectivity index (χ2v) is 4.60. The molecule has 4 nitrogen and oxygen atoms in total. The van der Waals surface area contributed by atoms with E-state index in [1.807, 2.05) is 12.1 Å². The van der Waals surface area contributed by atoms with E-state index in [1.165, 1.54) is 0 Å². The van der Waals surface area contributed by atoms with Crippen LogP contribution in [0.1, 0.15) is 15.9 Å². The van der Waals surface area contributed by atoms with Crippen molar-refractivity contribution in [1.82, 2.24) is 10.3 Å². The van der Waals surface area contributed by atoms with Gasteiger partial charge in [0.05, 0.1) is 0 Å². The molecule has 1 N–H and O–H groups in total. The molecule has 0 aliphatic carbocycles. The number of carbonyl (C=O) groups is 1. The van der Waals surface area contributed by atoms with E-state index in [9.17, 15) is 4.79 Å². The van der Waals surface area contributed by atoms with Crippen molar-refractivity contribution >= 4 is 21.8 Å². The maximum absolute atomic E-state index is 11.9. The van der Waals surface area contributed by atoms with E-state index >= 15 is 0 Å². The summed E-state index contributed by atoms with van der Waals surface area (Å²) in [5.74, 6) is 0.652. The van der Waals surface area contributed by atoms with E-state index < -0.39 is 0 Å². The van der Waals surface area contributed by atoms with Crippen molar-refractivity contribution in [3.63, 3.8) is 0 Å². The minimum absolute atomic E-state index is 0.0792. The number of benzene rings is 1. The standard InChI is InChI=1S/C15H15BrN2O2/c16-11-20-14-3-1-13(2-4-14)15(19)18-10-7-12-5-8-17-9-6-12/h1-6,8-9H,7,10-11H2,(H,18,19). The number of halogens is 1. The van der Waals surface area contributed by atoms with Crippen LogP contribution in [0.4, 0.5) is 0 Å². The van der Waals surface area contributed by atoms with Gasteiger partial charge in [0.15, 0.2) is 0 Å². The Morgan fingerprint density at radius 2 is 1.85 bits per heavy atom. The highest BCUT2D eigenvalue weighted by Gasteiger charge is 2.05. The van der Waals surface area contributed by atoms with Crippen molar-refractivity contribution in [3.05, 3.63) is 59.9 Å². The monoisotopic (exact) mass is 334 g/mol. The summed E-state index contributed by atoms with van der Waals surface area (Å²) in [7, 11) is 0. The van der Waals surface area contributed by atoms with Crippen molar-refractivity contribution in [3.8, 4) is 5.75 Å². The molecule has 5 heteroatoms. The zero-order valence-corrected chi connectivity index (χ0v) is 12.5. The van der Waals surface area contributed by atoms with Gasteiger partial charge >= 0.3 is 0 Å². The number of nitrogens with one attached hydrogen (secondary N) is 1. The van der Waals surface area contributed by atoms with Crippen LogP contribution in [0.2, 0.25) is 0 Å². The molecule has 0 aliphatic rings. The fourth-order valence-electron chi connectivity index (χ4n) is 1.74. The largest absolute Gasteiger partial charge is 0.482 e. The summed E-state index contributed by atoms with van der Waals surface area (Å²) in [4.78, 5) is 15.9. The molecule has 0 bridgehead atoms. The van der Waals surface area contributed by atoms with Crippen molar-refractivity contribution < 1.29 is 9.53 Å². The van der Waals surface area contributed by atoms with Gasteiger partial charge in [-0.25, -0.2) is 0 Å². The van der Waals surface area contributed by atoms with Gasteiger partial charge in [-0.1, -0.05) is 0 Å². The zero-order chi connectivity index (χ0) is 14.2. The van der Waals surface area contributed by atoms with Crippen LogP contribution < -0.4 is 10.1 Å². The van der Waals surface area contributed by atoms with Crippen molar-refractivity contribution in [2.45, 2.75) is 6.42 Å². The first-order valence-electron chi connectivity index (χ1n) is 6.25. The predicted molar refractivity (Wildman–Crippen MR) is 81.1 cm³/mol. The molecule has 0 atom stereocenters. The molecule has 2 rings (SSSR count). The third-order valence-corrected chi connectivity index (χ3v) is 3.02. The second-order valence-electron chi connectivity index (χ2n) is 4.14. The van der Waals surface area contributed by atoms with E-state index in [2.05, 4.69) is 26.2 Å². The van der Waals surface area contributed by atoms with Crippen LogP contribution in [0, 0.1) is 0 Å². The molecule has 1 amide bonds. The predicted octanol–water partition coefficient (Wildman–Crippen LogP) is 2.79. The molecule has 0 saturated carbocycles.